The first-order valence-corrected chi connectivity index (χ1v) is 8.72. The molecule has 0 spiro atoms. The Balaban J connectivity index is 1.74. The number of rotatable bonds is 4. The molecule has 0 saturated carbocycles. The maximum atomic E-state index is 10.8. The highest BCUT2D eigenvalue weighted by Crippen LogP contribution is 2.39. The van der Waals surface area contributed by atoms with Crippen LogP contribution < -0.4 is 5.43 Å². The van der Waals surface area contributed by atoms with Crippen LogP contribution in [0.1, 0.15) is 15.9 Å². The number of benzene rings is 2. The van der Waals surface area contributed by atoms with Gasteiger partial charge in [-0.25, -0.2) is 4.79 Å². The molecular weight excluding hydrogens is 367 g/mol. The summed E-state index contributed by atoms with van der Waals surface area (Å²) in [5, 5.41) is 14.3. The second-order valence-electron chi connectivity index (χ2n) is 5.02. The van der Waals surface area contributed by atoms with Crippen molar-refractivity contribution >= 4 is 57.9 Å². The third-order valence-electron chi connectivity index (χ3n) is 3.39. The molecule has 0 saturated heterocycles. The number of fused-ring (bicyclic) bond motifs is 1. The standard InChI is InChI=1S/C17H12Cl2N2O2S/c18-12-3-6-15-14(7-12)16(19)11(9-24-15)8-20-21-13-4-1-10(2-5-13)17(22)23/h1-8,21H,9H2,(H,22,23)/b20-8-. The minimum atomic E-state index is -0.960. The Hall–Kier alpha value is -1.95. The van der Waals surface area contributed by atoms with E-state index in [-0.39, 0.29) is 5.56 Å². The maximum Gasteiger partial charge on any atom is 0.335 e. The van der Waals surface area contributed by atoms with E-state index in [0.717, 1.165) is 21.8 Å². The maximum absolute atomic E-state index is 10.8. The largest absolute Gasteiger partial charge is 0.478 e. The Morgan fingerprint density at radius 3 is 2.67 bits per heavy atom. The van der Waals surface area contributed by atoms with Gasteiger partial charge in [0.1, 0.15) is 0 Å². The Morgan fingerprint density at radius 1 is 1.21 bits per heavy atom. The van der Waals surface area contributed by atoms with Crippen LogP contribution in [-0.2, 0) is 0 Å². The summed E-state index contributed by atoms with van der Waals surface area (Å²) in [6.07, 6.45) is 1.67. The van der Waals surface area contributed by atoms with Gasteiger partial charge in [0.2, 0.25) is 0 Å². The molecule has 0 fully saturated rings. The van der Waals surface area contributed by atoms with Crippen molar-refractivity contribution in [3.8, 4) is 0 Å². The van der Waals surface area contributed by atoms with Gasteiger partial charge in [0.25, 0.3) is 0 Å². The molecule has 0 unspecified atom stereocenters. The Morgan fingerprint density at radius 2 is 1.96 bits per heavy atom. The topological polar surface area (TPSA) is 61.7 Å². The Kier molecular flexibility index (Phi) is 5.14. The Labute approximate surface area is 153 Å². The molecule has 0 amide bonds. The van der Waals surface area contributed by atoms with Crippen LogP contribution in [-0.4, -0.2) is 23.0 Å². The lowest BCUT2D eigenvalue weighted by Crippen LogP contribution is -2.02. The molecule has 2 aromatic rings. The monoisotopic (exact) mass is 378 g/mol. The zero-order valence-electron chi connectivity index (χ0n) is 12.3. The van der Waals surface area contributed by atoms with Crippen LogP contribution in [0.15, 0.2) is 58.0 Å². The van der Waals surface area contributed by atoms with Crippen LogP contribution in [0.25, 0.3) is 5.03 Å². The van der Waals surface area contributed by atoms with Crippen molar-refractivity contribution < 1.29 is 9.90 Å². The number of carboxylic acids is 1. The number of thioether (sulfide) groups is 1. The molecule has 0 radical (unpaired) electrons. The van der Waals surface area contributed by atoms with Crippen LogP contribution in [0.2, 0.25) is 5.02 Å². The molecule has 2 aromatic carbocycles. The second-order valence-corrected chi connectivity index (χ2v) is 6.85. The molecule has 0 bridgehead atoms. The van der Waals surface area contributed by atoms with Crippen molar-refractivity contribution in [1.82, 2.24) is 0 Å². The van der Waals surface area contributed by atoms with E-state index < -0.39 is 5.97 Å². The van der Waals surface area contributed by atoms with Crippen LogP contribution in [0.3, 0.4) is 0 Å². The lowest BCUT2D eigenvalue weighted by atomic mass is 10.1. The van der Waals surface area contributed by atoms with Gasteiger partial charge in [-0.2, -0.15) is 5.10 Å². The zero-order chi connectivity index (χ0) is 17.1. The fraction of sp³-hybridized carbons (Fsp3) is 0.0588. The predicted molar refractivity (Wildman–Crippen MR) is 100 cm³/mol. The van der Waals surface area contributed by atoms with Gasteiger partial charge in [0.15, 0.2) is 0 Å². The number of carbonyl (C=O) groups is 1. The van der Waals surface area contributed by atoms with Gasteiger partial charge in [0.05, 0.1) is 22.5 Å². The van der Waals surface area contributed by atoms with Crippen molar-refractivity contribution in [1.29, 1.82) is 0 Å². The van der Waals surface area contributed by atoms with Gasteiger partial charge >= 0.3 is 5.97 Å². The summed E-state index contributed by atoms with van der Waals surface area (Å²) in [5.41, 5.74) is 5.59. The van der Waals surface area contributed by atoms with Crippen LogP contribution in [0.5, 0.6) is 0 Å². The minimum Gasteiger partial charge on any atom is -0.478 e. The van der Waals surface area contributed by atoms with Crippen LogP contribution in [0.4, 0.5) is 5.69 Å². The van der Waals surface area contributed by atoms with Crippen LogP contribution in [0, 0.1) is 0 Å². The van der Waals surface area contributed by atoms with E-state index in [2.05, 4.69) is 10.5 Å². The third-order valence-corrected chi connectivity index (χ3v) is 5.19. The third kappa shape index (κ3) is 3.75. The molecule has 122 valence electrons. The normalized spacial score (nSPS) is 13.9. The molecular formula is C17H12Cl2N2O2S. The number of hydrogen-bond acceptors (Lipinski definition) is 4. The molecule has 24 heavy (non-hydrogen) atoms. The van der Waals surface area contributed by atoms with Gasteiger partial charge in [-0.15, -0.1) is 11.8 Å². The lowest BCUT2D eigenvalue weighted by Gasteiger charge is -2.17. The highest BCUT2D eigenvalue weighted by Gasteiger charge is 2.17. The van der Waals surface area contributed by atoms with Crippen LogP contribution >= 0.6 is 35.0 Å². The van der Waals surface area contributed by atoms with Crippen molar-refractivity contribution in [2.45, 2.75) is 4.90 Å². The molecule has 0 aliphatic carbocycles. The first kappa shape index (κ1) is 16.9. The number of nitrogens with zero attached hydrogens (tertiary/aromatic N) is 1. The number of nitrogens with one attached hydrogen (secondary N) is 1. The summed E-state index contributed by atoms with van der Waals surface area (Å²) in [6.45, 7) is 0. The summed E-state index contributed by atoms with van der Waals surface area (Å²) in [7, 11) is 0. The first-order valence-electron chi connectivity index (χ1n) is 6.98. The summed E-state index contributed by atoms with van der Waals surface area (Å²) in [5.74, 6) is -0.241. The highest BCUT2D eigenvalue weighted by molar-refractivity contribution is 7.99. The molecule has 7 heteroatoms. The predicted octanol–water partition coefficient (Wildman–Crippen LogP) is 5.19. The Bertz CT molecular complexity index is 848. The van der Waals surface area contributed by atoms with Gasteiger partial charge in [-0.3, -0.25) is 5.43 Å². The number of halogens is 2. The van der Waals surface area contributed by atoms with Crippen molar-refractivity contribution in [2.24, 2.45) is 5.10 Å². The fourth-order valence-corrected chi connectivity index (χ4v) is 3.75. The van der Waals surface area contributed by atoms with Crippen molar-refractivity contribution in [3.63, 3.8) is 0 Å². The summed E-state index contributed by atoms with van der Waals surface area (Å²) >= 11 is 14.2. The van der Waals surface area contributed by atoms with Crippen molar-refractivity contribution in [3.05, 3.63) is 64.2 Å². The van der Waals surface area contributed by atoms with Gasteiger partial charge in [-0.05, 0) is 42.5 Å². The molecule has 4 nitrogen and oxygen atoms in total. The van der Waals surface area contributed by atoms with Crippen molar-refractivity contribution in [2.75, 3.05) is 11.2 Å². The lowest BCUT2D eigenvalue weighted by molar-refractivity contribution is 0.0697. The number of hydrogen-bond donors (Lipinski definition) is 2. The molecule has 2 N–H and O–H groups in total. The van der Waals surface area contributed by atoms with Gasteiger partial charge < -0.3 is 5.11 Å². The average molecular weight is 379 g/mol. The smallest absolute Gasteiger partial charge is 0.335 e. The molecule has 1 heterocycles. The van der Waals surface area contributed by atoms with E-state index in [1.54, 1.807) is 30.1 Å². The van der Waals surface area contributed by atoms with Gasteiger partial charge in [0, 0.05) is 26.8 Å². The number of carboxylic acid groups (broad SMARTS) is 1. The second kappa shape index (κ2) is 7.30. The molecule has 0 aromatic heterocycles. The van der Waals surface area contributed by atoms with E-state index in [1.165, 1.54) is 12.1 Å². The molecule has 3 rings (SSSR count). The summed E-state index contributed by atoms with van der Waals surface area (Å²) in [4.78, 5) is 11.9. The minimum absolute atomic E-state index is 0.229. The number of hydrazone groups is 1. The molecule has 1 aliphatic heterocycles. The summed E-state index contributed by atoms with van der Waals surface area (Å²) < 4.78 is 0. The fourth-order valence-electron chi connectivity index (χ4n) is 2.16. The highest BCUT2D eigenvalue weighted by atomic mass is 35.5. The average Bonchev–Trinajstić information content (AvgIpc) is 2.58. The quantitative estimate of drug-likeness (QED) is 0.567. The van der Waals surface area contributed by atoms with E-state index in [0.29, 0.717) is 15.7 Å². The number of aromatic carboxylic acids is 1. The van der Waals surface area contributed by atoms with E-state index in [4.69, 9.17) is 28.3 Å². The SMILES string of the molecule is O=C(O)c1ccc(N/N=C\C2=C(Cl)c3cc(Cl)ccc3SC2)cc1. The van der Waals surface area contributed by atoms with E-state index in [1.807, 2.05) is 18.2 Å². The van der Waals surface area contributed by atoms with Gasteiger partial charge in [-0.1, -0.05) is 23.2 Å². The first-order chi connectivity index (χ1) is 11.5. The molecule has 1 aliphatic rings. The number of anilines is 1. The summed E-state index contributed by atoms with van der Waals surface area (Å²) in [6, 6.07) is 12.0. The molecule has 0 atom stereocenters. The van der Waals surface area contributed by atoms with E-state index in [9.17, 15) is 4.79 Å². The van der Waals surface area contributed by atoms with E-state index >= 15 is 0 Å². The zero-order valence-corrected chi connectivity index (χ0v) is 14.6.